The average molecular weight is 235 g/mol. The lowest BCUT2D eigenvalue weighted by molar-refractivity contribution is 0.478. The van der Waals surface area contributed by atoms with E-state index < -0.39 is 10.0 Å². The van der Waals surface area contributed by atoms with Gasteiger partial charge in [-0.1, -0.05) is 0 Å². The van der Waals surface area contributed by atoms with Gasteiger partial charge in [0.25, 0.3) is 10.0 Å². The van der Waals surface area contributed by atoms with E-state index in [1.165, 1.54) is 28.9 Å². The van der Waals surface area contributed by atoms with Gasteiger partial charge in [-0.3, -0.25) is 0 Å². The number of nitrogens with two attached hydrogens (primary N) is 1. The van der Waals surface area contributed by atoms with E-state index in [-0.39, 0.29) is 4.21 Å². The summed E-state index contributed by atoms with van der Waals surface area (Å²) in [6, 6.07) is 0. The van der Waals surface area contributed by atoms with E-state index in [9.17, 15) is 8.42 Å². The minimum absolute atomic E-state index is 0.269. The van der Waals surface area contributed by atoms with Crippen molar-refractivity contribution < 1.29 is 8.42 Å². The summed E-state index contributed by atoms with van der Waals surface area (Å²) in [7, 11) is -1.86. The fourth-order valence-electron chi connectivity index (χ4n) is 0.917. The minimum Gasteiger partial charge on any atom is -0.329 e. The Kier molecular flexibility index (Phi) is 3.59. The second kappa shape index (κ2) is 4.35. The summed E-state index contributed by atoms with van der Waals surface area (Å²) in [6.07, 6.45) is 1.38. The quantitative estimate of drug-likeness (QED) is 0.799. The van der Waals surface area contributed by atoms with Gasteiger partial charge in [0.1, 0.15) is 0 Å². The summed E-state index contributed by atoms with van der Waals surface area (Å²) in [4.78, 5) is 3.91. The van der Waals surface area contributed by atoms with Crippen LogP contribution >= 0.6 is 11.3 Å². The van der Waals surface area contributed by atoms with Crippen LogP contribution in [0.15, 0.2) is 10.4 Å². The molecule has 0 saturated heterocycles. The highest BCUT2D eigenvalue weighted by Crippen LogP contribution is 2.20. The molecule has 5 nitrogen and oxygen atoms in total. The average Bonchev–Trinajstić information content (AvgIpc) is 2.52. The second-order valence-corrected chi connectivity index (χ2v) is 6.32. The highest BCUT2D eigenvalue weighted by atomic mass is 32.2. The third kappa shape index (κ3) is 2.30. The molecule has 7 heteroatoms. The Labute approximate surface area is 87.6 Å². The number of nitrogens with zero attached hydrogens (tertiary/aromatic N) is 2. The zero-order valence-electron chi connectivity index (χ0n) is 8.10. The van der Waals surface area contributed by atoms with Crippen molar-refractivity contribution in [3.63, 3.8) is 0 Å². The molecule has 0 saturated carbocycles. The van der Waals surface area contributed by atoms with Gasteiger partial charge in [0.15, 0.2) is 4.21 Å². The van der Waals surface area contributed by atoms with Crippen molar-refractivity contribution in [1.29, 1.82) is 0 Å². The van der Waals surface area contributed by atoms with Crippen molar-refractivity contribution in [3.05, 3.63) is 11.2 Å². The second-order valence-electron chi connectivity index (χ2n) is 2.81. The lowest BCUT2D eigenvalue weighted by atomic mass is 10.7. The molecular weight excluding hydrogens is 222 g/mol. The van der Waals surface area contributed by atoms with Crippen LogP contribution in [-0.2, 0) is 10.0 Å². The first-order valence-corrected chi connectivity index (χ1v) is 6.33. The predicted molar refractivity (Wildman–Crippen MR) is 55.7 cm³/mol. The molecule has 1 rings (SSSR count). The van der Waals surface area contributed by atoms with E-state index in [1.54, 1.807) is 6.92 Å². The van der Waals surface area contributed by atoms with Crippen LogP contribution in [0.1, 0.15) is 5.01 Å². The van der Waals surface area contributed by atoms with Crippen LogP contribution in [-0.4, -0.2) is 37.8 Å². The molecule has 0 aliphatic heterocycles. The molecule has 2 N–H and O–H groups in total. The molecule has 0 radical (unpaired) electrons. The fourth-order valence-corrected chi connectivity index (χ4v) is 3.42. The van der Waals surface area contributed by atoms with E-state index in [1.807, 2.05) is 0 Å². The molecule has 1 aromatic heterocycles. The zero-order valence-corrected chi connectivity index (χ0v) is 9.73. The normalized spacial score (nSPS) is 12.3. The Morgan fingerprint density at radius 1 is 1.64 bits per heavy atom. The number of sulfonamides is 1. The lowest BCUT2D eigenvalue weighted by Crippen LogP contribution is -2.31. The number of rotatable bonds is 4. The maximum Gasteiger partial charge on any atom is 0.253 e. The Balaban J connectivity index is 2.96. The van der Waals surface area contributed by atoms with Crippen molar-refractivity contribution >= 4 is 21.4 Å². The maximum absolute atomic E-state index is 11.8. The lowest BCUT2D eigenvalue weighted by Gasteiger charge is -2.13. The zero-order chi connectivity index (χ0) is 10.8. The van der Waals surface area contributed by atoms with Gasteiger partial charge in [-0.25, -0.2) is 13.4 Å². The van der Waals surface area contributed by atoms with Crippen molar-refractivity contribution in [2.75, 3.05) is 20.1 Å². The van der Waals surface area contributed by atoms with E-state index in [4.69, 9.17) is 5.73 Å². The standard InChI is InChI=1S/C7H13N3O2S2/c1-6-9-5-7(13-6)14(11,12)10(2)4-3-8/h5H,3-4,8H2,1-2H3. The predicted octanol–water partition coefficient (Wildman–Crippen LogP) is 0.0307. The molecule has 0 atom stereocenters. The van der Waals surface area contributed by atoms with Crippen LogP contribution in [0.3, 0.4) is 0 Å². The highest BCUT2D eigenvalue weighted by molar-refractivity contribution is 7.91. The third-order valence-electron chi connectivity index (χ3n) is 1.71. The summed E-state index contributed by atoms with van der Waals surface area (Å²) in [5.41, 5.74) is 5.29. The molecule has 1 heterocycles. The van der Waals surface area contributed by atoms with Crippen LogP contribution in [0.5, 0.6) is 0 Å². The van der Waals surface area contributed by atoms with Crippen LogP contribution < -0.4 is 5.73 Å². The van der Waals surface area contributed by atoms with Gasteiger partial charge in [-0.05, 0) is 6.92 Å². The van der Waals surface area contributed by atoms with Crippen molar-refractivity contribution in [2.45, 2.75) is 11.1 Å². The third-order valence-corrected chi connectivity index (χ3v) is 4.91. The van der Waals surface area contributed by atoms with Crippen molar-refractivity contribution in [2.24, 2.45) is 5.73 Å². The first kappa shape index (κ1) is 11.6. The molecular formula is C7H13N3O2S2. The van der Waals surface area contributed by atoms with Gasteiger partial charge in [-0.15, -0.1) is 11.3 Å². The Morgan fingerprint density at radius 3 is 2.71 bits per heavy atom. The van der Waals surface area contributed by atoms with E-state index >= 15 is 0 Å². The number of aryl methyl sites for hydroxylation is 1. The first-order valence-electron chi connectivity index (χ1n) is 4.07. The molecule has 0 aliphatic carbocycles. The topological polar surface area (TPSA) is 76.3 Å². The fraction of sp³-hybridized carbons (Fsp3) is 0.571. The molecule has 0 aromatic carbocycles. The molecule has 0 amide bonds. The van der Waals surface area contributed by atoms with Crippen LogP contribution in [0.2, 0.25) is 0 Å². The summed E-state index contributed by atoms with van der Waals surface area (Å²) < 4.78 is 25.1. The first-order chi connectivity index (χ1) is 6.48. The van der Waals surface area contributed by atoms with Gasteiger partial charge < -0.3 is 5.73 Å². The van der Waals surface area contributed by atoms with Crippen LogP contribution in [0.4, 0.5) is 0 Å². The Hall–Kier alpha value is -0.500. The SMILES string of the molecule is Cc1ncc(S(=O)(=O)N(C)CCN)s1. The number of thiazole rings is 1. The maximum atomic E-state index is 11.8. The largest absolute Gasteiger partial charge is 0.329 e. The molecule has 0 bridgehead atoms. The molecule has 0 fully saturated rings. The minimum atomic E-state index is -3.37. The molecule has 0 aliphatic rings. The Bertz CT molecular complexity index is 399. The number of hydrogen-bond acceptors (Lipinski definition) is 5. The monoisotopic (exact) mass is 235 g/mol. The highest BCUT2D eigenvalue weighted by Gasteiger charge is 2.22. The van der Waals surface area contributed by atoms with Crippen LogP contribution in [0, 0.1) is 6.92 Å². The van der Waals surface area contributed by atoms with Crippen LogP contribution in [0.25, 0.3) is 0 Å². The van der Waals surface area contributed by atoms with Gasteiger partial charge in [0.05, 0.1) is 11.2 Å². The molecule has 14 heavy (non-hydrogen) atoms. The van der Waals surface area contributed by atoms with E-state index in [0.717, 1.165) is 5.01 Å². The summed E-state index contributed by atoms with van der Waals surface area (Å²) in [5.74, 6) is 0. The van der Waals surface area contributed by atoms with Crippen molar-refractivity contribution in [1.82, 2.24) is 9.29 Å². The van der Waals surface area contributed by atoms with Crippen molar-refractivity contribution in [3.8, 4) is 0 Å². The molecule has 1 aromatic rings. The number of aromatic nitrogens is 1. The van der Waals surface area contributed by atoms with Gasteiger partial charge >= 0.3 is 0 Å². The summed E-state index contributed by atoms with van der Waals surface area (Å²) in [6.45, 7) is 2.40. The van der Waals surface area contributed by atoms with E-state index in [2.05, 4.69) is 4.98 Å². The number of likely N-dealkylation sites (N-methyl/N-ethyl adjacent to an activating group) is 1. The van der Waals surface area contributed by atoms with Gasteiger partial charge in [0.2, 0.25) is 0 Å². The molecule has 80 valence electrons. The van der Waals surface area contributed by atoms with Gasteiger partial charge in [-0.2, -0.15) is 4.31 Å². The number of hydrogen-bond donors (Lipinski definition) is 1. The smallest absolute Gasteiger partial charge is 0.253 e. The van der Waals surface area contributed by atoms with E-state index in [0.29, 0.717) is 13.1 Å². The van der Waals surface area contributed by atoms with Gasteiger partial charge in [0, 0.05) is 20.1 Å². The Morgan fingerprint density at radius 2 is 2.29 bits per heavy atom. The summed E-state index contributed by atoms with van der Waals surface area (Å²) in [5, 5.41) is 0.740. The summed E-state index contributed by atoms with van der Waals surface area (Å²) >= 11 is 1.17. The molecule has 0 unspecified atom stereocenters. The molecule has 0 spiro atoms.